The van der Waals surface area contributed by atoms with Crippen molar-refractivity contribution < 1.29 is 9.18 Å². The van der Waals surface area contributed by atoms with Gasteiger partial charge in [0.25, 0.3) is 5.91 Å². The number of anilines is 1. The molecule has 1 amide bonds. The molecule has 0 saturated heterocycles. The summed E-state index contributed by atoms with van der Waals surface area (Å²) in [6, 6.07) is 12.1. The van der Waals surface area contributed by atoms with E-state index in [4.69, 9.17) is 11.6 Å². The highest BCUT2D eigenvalue weighted by molar-refractivity contribution is 6.33. The van der Waals surface area contributed by atoms with E-state index >= 15 is 0 Å². The molecular weight excluding hydrogens is 303 g/mol. The first kappa shape index (κ1) is 16.3. The summed E-state index contributed by atoms with van der Waals surface area (Å²) in [5, 5.41) is 0.125. The molecule has 3 nitrogen and oxygen atoms in total. The summed E-state index contributed by atoms with van der Waals surface area (Å²) in [6.07, 6.45) is 0. The molecule has 0 aliphatic heterocycles. The van der Waals surface area contributed by atoms with Crippen molar-refractivity contribution in [3.63, 3.8) is 0 Å². The molecule has 116 valence electrons. The van der Waals surface area contributed by atoms with E-state index in [-0.39, 0.29) is 10.6 Å². The fourth-order valence-electron chi connectivity index (χ4n) is 2.14. The van der Waals surface area contributed by atoms with Gasteiger partial charge >= 0.3 is 0 Å². The summed E-state index contributed by atoms with van der Waals surface area (Å²) in [6.45, 7) is 0.386. The zero-order valence-electron chi connectivity index (χ0n) is 12.8. The van der Waals surface area contributed by atoms with Gasteiger partial charge in [-0.3, -0.25) is 4.79 Å². The average Bonchev–Trinajstić information content (AvgIpc) is 2.47. The van der Waals surface area contributed by atoms with Crippen LogP contribution >= 0.6 is 11.6 Å². The van der Waals surface area contributed by atoms with Gasteiger partial charge < -0.3 is 9.80 Å². The molecule has 0 radical (unpaired) electrons. The maximum absolute atomic E-state index is 13.8. The highest BCUT2D eigenvalue weighted by atomic mass is 35.5. The maximum Gasteiger partial charge on any atom is 0.258 e. The second-order valence-electron chi connectivity index (χ2n) is 5.32. The van der Waals surface area contributed by atoms with Crippen LogP contribution in [-0.4, -0.2) is 32.0 Å². The van der Waals surface area contributed by atoms with Crippen LogP contribution in [0, 0.1) is 5.82 Å². The number of nitrogens with zero attached hydrogens (tertiary/aromatic N) is 2. The van der Waals surface area contributed by atoms with Gasteiger partial charge in [-0.1, -0.05) is 29.8 Å². The summed E-state index contributed by atoms with van der Waals surface area (Å²) in [5.41, 5.74) is 1.96. The van der Waals surface area contributed by atoms with Crippen molar-refractivity contribution in [2.45, 2.75) is 6.54 Å². The number of halogens is 2. The lowest BCUT2D eigenvalue weighted by Crippen LogP contribution is -2.27. The Labute approximate surface area is 134 Å². The fourth-order valence-corrected chi connectivity index (χ4v) is 2.38. The number of carbonyl (C=O) groups is 1. The Morgan fingerprint density at radius 1 is 1.09 bits per heavy atom. The van der Waals surface area contributed by atoms with E-state index in [1.54, 1.807) is 7.05 Å². The number of amides is 1. The van der Waals surface area contributed by atoms with Gasteiger partial charge in [-0.15, -0.1) is 0 Å². The van der Waals surface area contributed by atoms with Crippen molar-refractivity contribution in [2.75, 3.05) is 26.0 Å². The third-order valence-electron chi connectivity index (χ3n) is 3.40. The van der Waals surface area contributed by atoms with E-state index in [0.717, 1.165) is 11.3 Å². The average molecular weight is 321 g/mol. The van der Waals surface area contributed by atoms with Gasteiger partial charge in [0.2, 0.25) is 0 Å². The van der Waals surface area contributed by atoms with Crippen LogP contribution in [0.5, 0.6) is 0 Å². The van der Waals surface area contributed by atoms with Crippen LogP contribution in [0.2, 0.25) is 5.02 Å². The lowest BCUT2D eigenvalue weighted by molar-refractivity contribution is 0.0780. The second kappa shape index (κ2) is 6.79. The summed E-state index contributed by atoms with van der Waals surface area (Å²) in [7, 11) is 5.56. The number of hydrogen-bond donors (Lipinski definition) is 0. The van der Waals surface area contributed by atoms with Crippen LogP contribution < -0.4 is 4.90 Å². The van der Waals surface area contributed by atoms with Crippen molar-refractivity contribution in [1.29, 1.82) is 0 Å². The first-order chi connectivity index (χ1) is 10.4. The molecule has 0 aliphatic carbocycles. The smallest absolute Gasteiger partial charge is 0.258 e. The van der Waals surface area contributed by atoms with Gasteiger partial charge in [-0.25, -0.2) is 4.39 Å². The van der Waals surface area contributed by atoms with Gasteiger partial charge in [0.05, 0.1) is 10.6 Å². The Bertz CT molecular complexity index is 651. The highest BCUT2D eigenvalue weighted by Crippen LogP contribution is 2.21. The van der Waals surface area contributed by atoms with Crippen molar-refractivity contribution in [3.8, 4) is 0 Å². The Morgan fingerprint density at radius 2 is 1.73 bits per heavy atom. The fraction of sp³-hybridized carbons (Fsp3) is 0.235. The summed E-state index contributed by atoms with van der Waals surface area (Å²) in [5.74, 6) is -1.04. The van der Waals surface area contributed by atoms with Gasteiger partial charge in [0, 0.05) is 33.4 Å². The molecule has 0 atom stereocenters. The van der Waals surface area contributed by atoms with E-state index in [1.165, 1.54) is 23.1 Å². The SMILES string of the molecule is CN(Cc1ccc(N(C)C)cc1)C(=O)c1c(F)cccc1Cl. The van der Waals surface area contributed by atoms with Gasteiger partial charge in [-0.2, -0.15) is 0 Å². The molecule has 0 unspecified atom stereocenters. The molecule has 22 heavy (non-hydrogen) atoms. The molecule has 0 aliphatic rings. The third-order valence-corrected chi connectivity index (χ3v) is 3.71. The molecule has 0 N–H and O–H groups in total. The minimum Gasteiger partial charge on any atom is -0.378 e. The maximum atomic E-state index is 13.8. The predicted molar refractivity (Wildman–Crippen MR) is 88.0 cm³/mol. The quantitative estimate of drug-likeness (QED) is 0.855. The first-order valence-corrected chi connectivity index (χ1v) is 7.23. The molecule has 0 saturated carbocycles. The molecule has 0 heterocycles. The van der Waals surface area contributed by atoms with Crippen LogP contribution in [0.3, 0.4) is 0 Å². The molecule has 2 aromatic carbocycles. The van der Waals surface area contributed by atoms with E-state index < -0.39 is 11.7 Å². The Morgan fingerprint density at radius 3 is 2.27 bits per heavy atom. The lowest BCUT2D eigenvalue weighted by atomic mass is 10.1. The predicted octanol–water partition coefficient (Wildman–Crippen LogP) is 3.82. The number of rotatable bonds is 4. The molecule has 0 fully saturated rings. The minimum atomic E-state index is -0.604. The van der Waals surface area contributed by atoms with E-state index in [0.29, 0.717) is 6.54 Å². The molecule has 2 rings (SSSR count). The van der Waals surface area contributed by atoms with Crippen molar-refractivity contribution >= 4 is 23.2 Å². The largest absolute Gasteiger partial charge is 0.378 e. The van der Waals surface area contributed by atoms with E-state index in [9.17, 15) is 9.18 Å². The molecule has 5 heteroatoms. The molecule has 0 spiro atoms. The Balaban J connectivity index is 2.14. The molecule has 0 aromatic heterocycles. The van der Waals surface area contributed by atoms with Gasteiger partial charge in [0.1, 0.15) is 5.82 Å². The third kappa shape index (κ3) is 3.57. The Hall–Kier alpha value is -2.07. The summed E-state index contributed by atoms with van der Waals surface area (Å²) >= 11 is 5.93. The van der Waals surface area contributed by atoms with Crippen molar-refractivity contribution in [3.05, 3.63) is 64.4 Å². The van der Waals surface area contributed by atoms with Crippen LogP contribution in [0.4, 0.5) is 10.1 Å². The minimum absolute atomic E-state index is 0.0865. The first-order valence-electron chi connectivity index (χ1n) is 6.86. The van der Waals surface area contributed by atoms with E-state index in [1.807, 2.05) is 43.3 Å². The molecule has 0 bridgehead atoms. The van der Waals surface area contributed by atoms with Crippen LogP contribution in [0.25, 0.3) is 0 Å². The Kier molecular flexibility index (Phi) is 5.03. The summed E-state index contributed by atoms with van der Waals surface area (Å²) < 4.78 is 13.8. The van der Waals surface area contributed by atoms with Crippen LogP contribution in [0.15, 0.2) is 42.5 Å². The lowest BCUT2D eigenvalue weighted by Gasteiger charge is -2.19. The number of hydrogen-bond acceptors (Lipinski definition) is 2. The van der Waals surface area contributed by atoms with E-state index in [2.05, 4.69) is 0 Å². The number of carbonyl (C=O) groups excluding carboxylic acids is 1. The number of benzene rings is 2. The summed E-state index contributed by atoms with van der Waals surface area (Å²) in [4.78, 5) is 15.8. The van der Waals surface area contributed by atoms with Crippen LogP contribution in [-0.2, 0) is 6.54 Å². The zero-order chi connectivity index (χ0) is 16.3. The van der Waals surface area contributed by atoms with Crippen molar-refractivity contribution in [1.82, 2.24) is 4.90 Å². The normalized spacial score (nSPS) is 10.4. The monoisotopic (exact) mass is 320 g/mol. The van der Waals surface area contributed by atoms with Gasteiger partial charge in [-0.05, 0) is 29.8 Å². The van der Waals surface area contributed by atoms with Crippen molar-refractivity contribution in [2.24, 2.45) is 0 Å². The van der Waals surface area contributed by atoms with Crippen LogP contribution in [0.1, 0.15) is 15.9 Å². The second-order valence-corrected chi connectivity index (χ2v) is 5.73. The zero-order valence-corrected chi connectivity index (χ0v) is 13.6. The molecule has 2 aromatic rings. The standard InChI is InChI=1S/C17H18ClFN2O/c1-20(2)13-9-7-12(8-10-13)11-21(3)17(22)16-14(18)5-4-6-15(16)19/h4-10H,11H2,1-3H3. The topological polar surface area (TPSA) is 23.6 Å². The highest BCUT2D eigenvalue weighted by Gasteiger charge is 2.19. The molecular formula is C17H18ClFN2O. The van der Waals surface area contributed by atoms with Gasteiger partial charge in [0.15, 0.2) is 0 Å².